The van der Waals surface area contributed by atoms with Crippen LogP contribution in [-0.4, -0.2) is 48.7 Å². The Bertz CT molecular complexity index is 159. The van der Waals surface area contributed by atoms with Gasteiger partial charge in [0.25, 0.3) is 0 Å². The van der Waals surface area contributed by atoms with Gasteiger partial charge in [-0.05, 0) is 13.0 Å². The van der Waals surface area contributed by atoms with Gasteiger partial charge in [0.1, 0.15) is 6.04 Å². The lowest BCUT2D eigenvalue weighted by Gasteiger charge is -2.18. The molecule has 1 saturated heterocycles. The fraction of sp³-hybridized carbons (Fsp3) is 0.857. The van der Waals surface area contributed by atoms with Gasteiger partial charge in [-0.2, -0.15) is 0 Å². The lowest BCUT2D eigenvalue weighted by Crippen LogP contribution is -2.45. The van der Waals surface area contributed by atoms with Crippen molar-refractivity contribution in [2.75, 3.05) is 20.6 Å². The largest absolute Gasteiger partial charge is 0.391 e. The minimum Gasteiger partial charge on any atom is -0.391 e. The standard InChI is InChI=1S/C7H14N2O2/c1-9(2)7(11)6-5(10)3-4-8-6/h5-6,8,10H,3-4H2,1-2H3. The summed E-state index contributed by atoms with van der Waals surface area (Å²) in [5, 5.41) is 12.2. The molecule has 1 aliphatic rings. The number of likely N-dealkylation sites (N-methyl/N-ethyl adjacent to an activating group) is 1. The molecule has 0 radical (unpaired) electrons. The van der Waals surface area contributed by atoms with Gasteiger partial charge in [0.15, 0.2) is 0 Å². The highest BCUT2D eigenvalue weighted by atomic mass is 16.3. The second-order valence-corrected chi connectivity index (χ2v) is 3.02. The van der Waals surface area contributed by atoms with Crippen LogP contribution in [0.15, 0.2) is 0 Å². The molecule has 0 aromatic carbocycles. The Kier molecular flexibility index (Phi) is 2.46. The maximum atomic E-state index is 11.3. The van der Waals surface area contributed by atoms with Crippen molar-refractivity contribution in [2.24, 2.45) is 0 Å². The summed E-state index contributed by atoms with van der Waals surface area (Å²) in [5.74, 6) is -0.0463. The molecule has 0 saturated carbocycles. The zero-order valence-electron chi connectivity index (χ0n) is 6.87. The van der Waals surface area contributed by atoms with Crippen molar-refractivity contribution in [2.45, 2.75) is 18.6 Å². The van der Waals surface area contributed by atoms with Crippen molar-refractivity contribution < 1.29 is 9.90 Å². The third-order valence-electron chi connectivity index (χ3n) is 1.90. The molecule has 2 atom stereocenters. The average molecular weight is 158 g/mol. The fourth-order valence-corrected chi connectivity index (χ4v) is 1.22. The zero-order chi connectivity index (χ0) is 8.43. The number of rotatable bonds is 1. The quantitative estimate of drug-likeness (QED) is 0.504. The van der Waals surface area contributed by atoms with Gasteiger partial charge in [-0.25, -0.2) is 0 Å². The summed E-state index contributed by atoms with van der Waals surface area (Å²) in [6, 6.07) is -0.384. The molecule has 4 nitrogen and oxygen atoms in total. The number of nitrogens with one attached hydrogen (secondary N) is 1. The van der Waals surface area contributed by atoms with Crippen molar-refractivity contribution in [3.05, 3.63) is 0 Å². The Labute approximate surface area is 66.2 Å². The summed E-state index contributed by atoms with van der Waals surface area (Å²) in [5.41, 5.74) is 0. The van der Waals surface area contributed by atoms with Crippen LogP contribution in [-0.2, 0) is 4.79 Å². The van der Waals surface area contributed by atoms with Crippen LogP contribution in [0.4, 0.5) is 0 Å². The van der Waals surface area contributed by atoms with Gasteiger partial charge in [0.05, 0.1) is 6.10 Å². The molecule has 64 valence electrons. The number of hydrogen-bond donors (Lipinski definition) is 2. The van der Waals surface area contributed by atoms with Gasteiger partial charge >= 0.3 is 0 Å². The molecular formula is C7H14N2O2. The normalized spacial score (nSPS) is 30.5. The minimum atomic E-state index is -0.509. The van der Waals surface area contributed by atoms with Crippen LogP contribution in [0.1, 0.15) is 6.42 Å². The number of aliphatic hydroxyl groups is 1. The van der Waals surface area contributed by atoms with Crippen molar-refractivity contribution in [3.8, 4) is 0 Å². The predicted octanol–water partition coefficient (Wildman–Crippen LogP) is -1.20. The van der Waals surface area contributed by atoms with Crippen molar-refractivity contribution in [1.29, 1.82) is 0 Å². The van der Waals surface area contributed by atoms with Crippen LogP contribution in [0.25, 0.3) is 0 Å². The van der Waals surface area contributed by atoms with E-state index in [1.807, 2.05) is 0 Å². The first-order chi connectivity index (χ1) is 5.13. The molecule has 1 rings (SSSR count). The lowest BCUT2D eigenvalue weighted by molar-refractivity contribution is -0.132. The highest BCUT2D eigenvalue weighted by Crippen LogP contribution is 2.07. The molecule has 1 aliphatic heterocycles. The molecule has 4 heteroatoms. The number of aliphatic hydroxyl groups excluding tert-OH is 1. The molecule has 11 heavy (non-hydrogen) atoms. The number of carbonyl (C=O) groups is 1. The van der Waals surface area contributed by atoms with Gasteiger partial charge in [0, 0.05) is 14.1 Å². The van der Waals surface area contributed by atoms with Crippen LogP contribution in [0.2, 0.25) is 0 Å². The molecule has 1 amide bonds. The Hall–Kier alpha value is -0.610. The van der Waals surface area contributed by atoms with E-state index in [0.29, 0.717) is 6.42 Å². The molecule has 0 aromatic rings. The van der Waals surface area contributed by atoms with Crippen molar-refractivity contribution in [1.82, 2.24) is 10.2 Å². The maximum Gasteiger partial charge on any atom is 0.241 e. The smallest absolute Gasteiger partial charge is 0.241 e. The summed E-state index contributed by atoms with van der Waals surface area (Å²) < 4.78 is 0. The lowest BCUT2D eigenvalue weighted by atomic mass is 10.1. The van der Waals surface area contributed by atoms with E-state index in [1.165, 1.54) is 4.90 Å². The zero-order valence-corrected chi connectivity index (χ0v) is 6.87. The summed E-state index contributed by atoms with van der Waals surface area (Å²) in [6.45, 7) is 0.728. The van der Waals surface area contributed by atoms with Crippen molar-refractivity contribution in [3.63, 3.8) is 0 Å². The van der Waals surface area contributed by atoms with E-state index in [1.54, 1.807) is 14.1 Å². The topological polar surface area (TPSA) is 52.6 Å². The first-order valence-corrected chi connectivity index (χ1v) is 3.75. The summed E-state index contributed by atoms with van der Waals surface area (Å²) in [4.78, 5) is 12.8. The Balaban J connectivity index is 2.53. The predicted molar refractivity (Wildman–Crippen MR) is 41.1 cm³/mol. The summed E-state index contributed by atoms with van der Waals surface area (Å²) >= 11 is 0. The molecular weight excluding hydrogens is 144 g/mol. The van der Waals surface area contributed by atoms with Gasteiger partial charge in [-0.1, -0.05) is 0 Å². The monoisotopic (exact) mass is 158 g/mol. The van der Waals surface area contributed by atoms with Crippen molar-refractivity contribution >= 4 is 5.91 Å². The second kappa shape index (κ2) is 3.19. The summed E-state index contributed by atoms with van der Waals surface area (Å²) in [7, 11) is 3.38. The maximum absolute atomic E-state index is 11.3. The van der Waals surface area contributed by atoms with Crippen LogP contribution in [0.5, 0.6) is 0 Å². The Morgan fingerprint density at radius 2 is 2.27 bits per heavy atom. The molecule has 0 bridgehead atoms. The fourth-order valence-electron chi connectivity index (χ4n) is 1.22. The molecule has 2 N–H and O–H groups in total. The first kappa shape index (κ1) is 8.49. The van der Waals surface area contributed by atoms with Gasteiger partial charge in [0.2, 0.25) is 5.91 Å². The van der Waals surface area contributed by atoms with E-state index < -0.39 is 6.10 Å². The Morgan fingerprint density at radius 3 is 2.64 bits per heavy atom. The van der Waals surface area contributed by atoms with Gasteiger partial charge in [-0.15, -0.1) is 0 Å². The highest BCUT2D eigenvalue weighted by molar-refractivity contribution is 5.82. The van der Waals surface area contributed by atoms with Crippen LogP contribution < -0.4 is 5.32 Å². The average Bonchev–Trinajstić information content (AvgIpc) is 2.33. The van der Waals surface area contributed by atoms with Gasteiger partial charge < -0.3 is 15.3 Å². The van der Waals surface area contributed by atoms with Crippen LogP contribution in [0.3, 0.4) is 0 Å². The molecule has 0 aliphatic carbocycles. The minimum absolute atomic E-state index is 0.0463. The number of hydrogen-bond acceptors (Lipinski definition) is 3. The highest BCUT2D eigenvalue weighted by Gasteiger charge is 2.31. The molecule has 2 unspecified atom stereocenters. The van der Waals surface area contributed by atoms with Crippen LogP contribution in [0, 0.1) is 0 Å². The van der Waals surface area contributed by atoms with E-state index in [9.17, 15) is 9.90 Å². The van der Waals surface area contributed by atoms with Gasteiger partial charge in [-0.3, -0.25) is 4.79 Å². The Morgan fingerprint density at radius 1 is 1.64 bits per heavy atom. The molecule has 1 fully saturated rings. The molecule has 0 spiro atoms. The second-order valence-electron chi connectivity index (χ2n) is 3.02. The SMILES string of the molecule is CN(C)C(=O)C1NCCC1O. The van der Waals surface area contributed by atoms with E-state index >= 15 is 0 Å². The van der Waals surface area contributed by atoms with Crippen LogP contribution >= 0.6 is 0 Å². The number of carbonyl (C=O) groups excluding carboxylic acids is 1. The third-order valence-corrected chi connectivity index (χ3v) is 1.90. The number of nitrogens with zero attached hydrogens (tertiary/aromatic N) is 1. The van der Waals surface area contributed by atoms with E-state index in [2.05, 4.69) is 5.32 Å². The third kappa shape index (κ3) is 1.70. The molecule has 0 aromatic heterocycles. The number of amides is 1. The summed E-state index contributed by atoms with van der Waals surface area (Å²) in [6.07, 6.45) is 0.162. The molecule has 1 heterocycles. The van der Waals surface area contributed by atoms with E-state index in [-0.39, 0.29) is 11.9 Å². The first-order valence-electron chi connectivity index (χ1n) is 3.75. The van der Waals surface area contributed by atoms with E-state index in [0.717, 1.165) is 6.54 Å². The van der Waals surface area contributed by atoms with E-state index in [4.69, 9.17) is 0 Å².